The number of halogens is 1. The average Bonchev–Trinajstić information content (AvgIpc) is 2.34. The fourth-order valence-corrected chi connectivity index (χ4v) is 3.40. The van der Waals surface area contributed by atoms with E-state index >= 15 is 0 Å². The summed E-state index contributed by atoms with van der Waals surface area (Å²) in [6.45, 7) is 6.54. The van der Waals surface area contributed by atoms with Gasteiger partial charge < -0.3 is 5.32 Å². The lowest BCUT2D eigenvalue weighted by atomic mass is 9.97. The molecule has 2 nitrogen and oxygen atoms in total. The largest absolute Gasteiger partial charge is 0.335 e. The molecule has 1 aliphatic rings. The molecule has 0 aliphatic carbocycles. The van der Waals surface area contributed by atoms with E-state index in [0.29, 0.717) is 0 Å². The van der Waals surface area contributed by atoms with Gasteiger partial charge in [-0.1, -0.05) is 40.7 Å². The van der Waals surface area contributed by atoms with E-state index in [9.17, 15) is 0 Å². The van der Waals surface area contributed by atoms with Crippen molar-refractivity contribution in [2.45, 2.75) is 39.2 Å². The zero-order chi connectivity index (χ0) is 13.2. The fourth-order valence-electron chi connectivity index (χ4n) is 1.81. The molecule has 0 saturated carbocycles. The lowest BCUT2D eigenvalue weighted by Gasteiger charge is -2.29. The quantitative estimate of drug-likeness (QED) is 0.841. The molecule has 0 amide bonds. The number of hydrogen-bond acceptors (Lipinski definition) is 3. The first-order valence-corrected chi connectivity index (χ1v) is 8.06. The van der Waals surface area contributed by atoms with Crippen LogP contribution in [0.1, 0.15) is 32.3 Å². The maximum atomic E-state index is 4.83. The number of nitrogens with one attached hydrogen (secondary N) is 1. The standard InChI is InChI=1S/C14H19BrN2S/c1-4-14(3)7-8-18-13(17-14)16-11-6-5-10(2)12(15)9-11/h5-6,9H,4,7-8H2,1-3H3,(H,16,17). The van der Waals surface area contributed by atoms with Crippen molar-refractivity contribution in [3.63, 3.8) is 0 Å². The summed E-state index contributed by atoms with van der Waals surface area (Å²) in [4.78, 5) is 4.83. The monoisotopic (exact) mass is 326 g/mol. The SMILES string of the molecule is CCC1(C)CCSC(Nc2ccc(C)c(Br)c2)=N1. The lowest BCUT2D eigenvalue weighted by Crippen LogP contribution is -2.29. The van der Waals surface area contributed by atoms with E-state index in [-0.39, 0.29) is 5.54 Å². The lowest BCUT2D eigenvalue weighted by molar-refractivity contribution is 0.443. The molecule has 18 heavy (non-hydrogen) atoms. The molecule has 4 heteroatoms. The molecule has 0 radical (unpaired) electrons. The predicted molar refractivity (Wildman–Crippen MR) is 85.7 cm³/mol. The molecule has 0 saturated heterocycles. The van der Waals surface area contributed by atoms with Crippen LogP contribution in [0.3, 0.4) is 0 Å². The highest BCUT2D eigenvalue weighted by Gasteiger charge is 2.25. The van der Waals surface area contributed by atoms with Gasteiger partial charge in [-0.25, -0.2) is 0 Å². The van der Waals surface area contributed by atoms with Gasteiger partial charge in [0.15, 0.2) is 5.17 Å². The molecule has 98 valence electrons. The number of thioether (sulfide) groups is 1. The van der Waals surface area contributed by atoms with E-state index in [2.05, 4.69) is 60.2 Å². The summed E-state index contributed by atoms with van der Waals surface area (Å²) in [7, 11) is 0. The first kappa shape index (κ1) is 13.9. The number of anilines is 1. The van der Waals surface area contributed by atoms with Crippen LogP contribution in [0.25, 0.3) is 0 Å². The van der Waals surface area contributed by atoms with Gasteiger partial charge in [-0.2, -0.15) is 0 Å². The summed E-state index contributed by atoms with van der Waals surface area (Å²) >= 11 is 5.37. The van der Waals surface area contributed by atoms with Gasteiger partial charge in [0, 0.05) is 15.9 Å². The van der Waals surface area contributed by atoms with E-state index < -0.39 is 0 Å². The highest BCUT2D eigenvalue weighted by atomic mass is 79.9. The van der Waals surface area contributed by atoms with Gasteiger partial charge in [0.1, 0.15) is 0 Å². The summed E-state index contributed by atoms with van der Waals surface area (Å²) in [5, 5.41) is 4.46. The minimum absolute atomic E-state index is 0.107. The van der Waals surface area contributed by atoms with Crippen molar-refractivity contribution in [3.05, 3.63) is 28.2 Å². The van der Waals surface area contributed by atoms with E-state index in [1.165, 1.54) is 5.56 Å². The van der Waals surface area contributed by atoms with E-state index in [4.69, 9.17) is 4.99 Å². The Balaban J connectivity index is 2.16. The van der Waals surface area contributed by atoms with Crippen LogP contribution < -0.4 is 5.32 Å². The van der Waals surface area contributed by atoms with Crippen molar-refractivity contribution < 1.29 is 0 Å². The second-order valence-electron chi connectivity index (χ2n) is 4.95. The third-order valence-electron chi connectivity index (χ3n) is 3.44. The van der Waals surface area contributed by atoms with Gasteiger partial charge in [0.2, 0.25) is 0 Å². The highest BCUT2D eigenvalue weighted by Crippen LogP contribution is 2.30. The molecule has 0 spiro atoms. The molecule has 0 aromatic heterocycles. The number of nitrogens with zero attached hydrogens (tertiary/aromatic N) is 1. The van der Waals surface area contributed by atoms with Crippen LogP contribution in [0, 0.1) is 6.92 Å². The molecular weight excluding hydrogens is 308 g/mol. The van der Waals surface area contributed by atoms with Gasteiger partial charge in [0.25, 0.3) is 0 Å². The van der Waals surface area contributed by atoms with Gasteiger partial charge in [0.05, 0.1) is 5.54 Å². The van der Waals surface area contributed by atoms with Gasteiger partial charge in [-0.05, 0) is 44.4 Å². The van der Waals surface area contributed by atoms with Crippen LogP contribution in [0.15, 0.2) is 27.7 Å². The number of aryl methyl sites for hydroxylation is 1. The molecule has 1 aromatic carbocycles. The molecule has 1 atom stereocenters. The first-order valence-electron chi connectivity index (χ1n) is 6.28. The van der Waals surface area contributed by atoms with Crippen LogP contribution in [-0.2, 0) is 0 Å². The average molecular weight is 327 g/mol. The Bertz CT molecular complexity index is 473. The molecule has 0 fully saturated rings. The maximum Gasteiger partial charge on any atom is 0.161 e. The third kappa shape index (κ3) is 3.29. The van der Waals surface area contributed by atoms with E-state index in [0.717, 1.165) is 33.9 Å². The number of aliphatic imine (C=N–C) groups is 1. The Kier molecular flexibility index (Phi) is 4.38. The molecule has 2 rings (SSSR count). The molecule has 1 unspecified atom stereocenters. The second-order valence-corrected chi connectivity index (χ2v) is 6.89. The normalized spacial score (nSPS) is 23.7. The van der Waals surface area contributed by atoms with Crippen LogP contribution in [-0.4, -0.2) is 16.5 Å². The van der Waals surface area contributed by atoms with Crippen LogP contribution in [0.4, 0.5) is 5.69 Å². The fraction of sp³-hybridized carbons (Fsp3) is 0.500. The van der Waals surface area contributed by atoms with Gasteiger partial charge in [-0.15, -0.1) is 0 Å². The van der Waals surface area contributed by atoms with Crippen LogP contribution >= 0.6 is 27.7 Å². The number of rotatable bonds is 2. The Labute approximate surface area is 122 Å². The number of benzene rings is 1. The van der Waals surface area contributed by atoms with Crippen molar-refractivity contribution in [2.75, 3.05) is 11.1 Å². The highest BCUT2D eigenvalue weighted by molar-refractivity contribution is 9.10. The van der Waals surface area contributed by atoms with Crippen LogP contribution in [0.5, 0.6) is 0 Å². The van der Waals surface area contributed by atoms with Crippen molar-refractivity contribution >= 4 is 38.5 Å². The van der Waals surface area contributed by atoms with Crippen molar-refractivity contribution in [2.24, 2.45) is 4.99 Å². The van der Waals surface area contributed by atoms with Gasteiger partial charge >= 0.3 is 0 Å². The summed E-state index contributed by atoms with van der Waals surface area (Å²) in [6, 6.07) is 6.32. The van der Waals surface area contributed by atoms with Gasteiger partial charge in [-0.3, -0.25) is 4.99 Å². The number of amidine groups is 1. The zero-order valence-electron chi connectivity index (χ0n) is 11.1. The zero-order valence-corrected chi connectivity index (χ0v) is 13.5. The summed E-state index contributed by atoms with van der Waals surface area (Å²) in [5.74, 6) is 1.14. The Morgan fingerprint density at radius 3 is 2.94 bits per heavy atom. The molecular formula is C14H19BrN2S. The Morgan fingerprint density at radius 2 is 2.28 bits per heavy atom. The molecule has 1 N–H and O–H groups in total. The Hall–Kier alpha value is -0.480. The maximum absolute atomic E-state index is 4.83. The number of hydrogen-bond donors (Lipinski definition) is 1. The molecule has 1 aromatic rings. The van der Waals surface area contributed by atoms with Crippen molar-refractivity contribution in [1.82, 2.24) is 0 Å². The Morgan fingerprint density at radius 1 is 1.50 bits per heavy atom. The summed E-state index contributed by atoms with van der Waals surface area (Å²) in [6.07, 6.45) is 2.26. The minimum Gasteiger partial charge on any atom is -0.335 e. The predicted octanol–water partition coefficient (Wildman–Crippen LogP) is 4.83. The van der Waals surface area contributed by atoms with Crippen molar-refractivity contribution in [3.8, 4) is 0 Å². The summed E-state index contributed by atoms with van der Waals surface area (Å²) < 4.78 is 1.13. The first-order chi connectivity index (χ1) is 8.52. The van der Waals surface area contributed by atoms with E-state index in [1.54, 1.807) is 0 Å². The van der Waals surface area contributed by atoms with Crippen molar-refractivity contribution in [1.29, 1.82) is 0 Å². The third-order valence-corrected chi connectivity index (χ3v) is 5.17. The second kappa shape index (κ2) is 5.66. The smallest absolute Gasteiger partial charge is 0.161 e. The molecule has 1 aliphatic heterocycles. The minimum atomic E-state index is 0.107. The molecule has 1 heterocycles. The van der Waals surface area contributed by atoms with Crippen LogP contribution in [0.2, 0.25) is 0 Å². The summed E-state index contributed by atoms with van der Waals surface area (Å²) in [5.41, 5.74) is 2.45. The van der Waals surface area contributed by atoms with E-state index in [1.807, 2.05) is 11.8 Å². The topological polar surface area (TPSA) is 24.4 Å². The molecule has 0 bridgehead atoms.